The molecule has 7 heteroatoms. The third-order valence-electron chi connectivity index (χ3n) is 4.35. The molecule has 0 saturated carbocycles. The van der Waals surface area contributed by atoms with Crippen molar-refractivity contribution < 1.29 is 4.79 Å². The lowest BCUT2D eigenvalue weighted by Gasteiger charge is -2.31. The summed E-state index contributed by atoms with van der Waals surface area (Å²) in [6, 6.07) is 3.66. The van der Waals surface area contributed by atoms with Crippen LogP contribution in [-0.2, 0) is 11.3 Å². The Morgan fingerprint density at radius 1 is 1.46 bits per heavy atom. The number of pyridine rings is 1. The van der Waals surface area contributed by atoms with Crippen molar-refractivity contribution in [1.82, 2.24) is 10.3 Å². The molecule has 1 aliphatic heterocycles. The summed E-state index contributed by atoms with van der Waals surface area (Å²) in [6.07, 6.45) is 7.03. The van der Waals surface area contributed by atoms with Gasteiger partial charge in [-0.05, 0) is 48.8 Å². The topological polar surface area (TPSA) is 71.2 Å². The van der Waals surface area contributed by atoms with E-state index in [1.807, 2.05) is 24.6 Å². The molecule has 1 aromatic heterocycles. The molecule has 136 valence electrons. The van der Waals surface area contributed by atoms with Gasteiger partial charge in [0.15, 0.2) is 0 Å². The Bertz CT molecular complexity index is 492. The fourth-order valence-corrected chi connectivity index (χ4v) is 3.13. The molecule has 5 nitrogen and oxygen atoms in total. The average molecular weight is 373 g/mol. The largest absolute Gasteiger partial charge is 0.357 e. The van der Waals surface area contributed by atoms with Crippen molar-refractivity contribution in [2.24, 2.45) is 11.7 Å². The van der Waals surface area contributed by atoms with E-state index in [9.17, 15) is 4.79 Å². The highest BCUT2D eigenvalue weighted by atomic mass is 35.5. The molecule has 2 heterocycles. The fourth-order valence-electron chi connectivity index (χ4n) is 2.64. The number of carbonyl (C=O) groups is 1. The van der Waals surface area contributed by atoms with Crippen LogP contribution in [0.1, 0.15) is 31.7 Å². The second-order valence-corrected chi connectivity index (χ2v) is 7.29. The Labute approximate surface area is 155 Å². The minimum atomic E-state index is -0.426. The van der Waals surface area contributed by atoms with Crippen LogP contribution in [0.25, 0.3) is 0 Å². The van der Waals surface area contributed by atoms with Crippen LogP contribution in [0.2, 0.25) is 0 Å². The third kappa shape index (κ3) is 6.49. The number of anilines is 1. The van der Waals surface area contributed by atoms with E-state index >= 15 is 0 Å². The monoisotopic (exact) mass is 372 g/mol. The van der Waals surface area contributed by atoms with Crippen LogP contribution >= 0.6 is 24.2 Å². The molecule has 2 rings (SSSR count). The lowest BCUT2D eigenvalue weighted by atomic mass is 9.99. The number of rotatable bonds is 7. The normalized spacial score (nSPS) is 16.4. The molecule has 0 radical (unpaired) electrons. The van der Waals surface area contributed by atoms with Gasteiger partial charge in [0.05, 0.1) is 6.04 Å². The zero-order valence-electron chi connectivity index (χ0n) is 14.5. The van der Waals surface area contributed by atoms with E-state index in [2.05, 4.69) is 22.1 Å². The summed E-state index contributed by atoms with van der Waals surface area (Å²) in [5.41, 5.74) is 6.86. The Kier molecular flexibility index (Phi) is 9.48. The molecule has 0 aliphatic carbocycles. The van der Waals surface area contributed by atoms with Crippen LogP contribution in [0.4, 0.5) is 5.82 Å². The zero-order chi connectivity index (χ0) is 16.7. The lowest BCUT2D eigenvalue weighted by molar-refractivity contribution is -0.122. The molecule has 1 aliphatic rings. The summed E-state index contributed by atoms with van der Waals surface area (Å²) in [4.78, 5) is 18.8. The van der Waals surface area contributed by atoms with Gasteiger partial charge in [-0.3, -0.25) is 4.79 Å². The maximum absolute atomic E-state index is 11.9. The summed E-state index contributed by atoms with van der Waals surface area (Å²) in [6.45, 7) is 4.94. The van der Waals surface area contributed by atoms with Gasteiger partial charge in [-0.25, -0.2) is 4.98 Å². The highest BCUT2D eigenvalue weighted by Gasteiger charge is 2.17. The Hall–Kier alpha value is -0.980. The Balaban J connectivity index is 0.00000288. The van der Waals surface area contributed by atoms with Gasteiger partial charge in [-0.1, -0.05) is 13.0 Å². The van der Waals surface area contributed by atoms with E-state index in [0.717, 1.165) is 36.1 Å². The van der Waals surface area contributed by atoms with Gasteiger partial charge in [0.2, 0.25) is 5.91 Å². The van der Waals surface area contributed by atoms with Crippen LogP contribution in [0, 0.1) is 5.92 Å². The molecule has 1 fully saturated rings. The zero-order valence-corrected chi connectivity index (χ0v) is 16.2. The number of nitrogens with one attached hydrogen (secondary N) is 1. The molecule has 1 amide bonds. The summed E-state index contributed by atoms with van der Waals surface area (Å²) in [5, 5.41) is 2.89. The average Bonchev–Trinajstić information content (AvgIpc) is 2.58. The molecule has 1 atom stereocenters. The highest BCUT2D eigenvalue weighted by molar-refractivity contribution is 7.98. The smallest absolute Gasteiger partial charge is 0.237 e. The second kappa shape index (κ2) is 10.8. The minimum Gasteiger partial charge on any atom is -0.357 e. The van der Waals surface area contributed by atoms with Gasteiger partial charge in [0.25, 0.3) is 0 Å². The van der Waals surface area contributed by atoms with Gasteiger partial charge in [0.1, 0.15) is 5.82 Å². The van der Waals surface area contributed by atoms with Gasteiger partial charge >= 0.3 is 0 Å². The van der Waals surface area contributed by atoms with E-state index in [1.54, 1.807) is 11.8 Å². The molecule has 1 aromatic rings. The maximum atomic E-state index is 11.9. The second-order valence-electron chi connectivity index (χ2n) is 6.30. The van der Waals surface area contributed by atoms with Crippen molar-refractivity contribution in [2.75, 3.05) is 30.0 Å². The summed E-state index contributed by atoms with van der Waals surface area (Å²) in [7, 11) is 0. The SMILES string of the molecule is CSCC[C@H](N)C(=O)NCc1ccc(N2CCC(C)CC2)nc1.Cl. The van der Waals surface area contributed by atoms with Crippen molar-refractivity contribution in [2.45, 2.75) is 38.8 Å². The Morgan fingerprint density at radius 3 is 2.75 bits per heavy atom. The van der Waals surface area contributed by atoms with Crippen molar-refractivity contribution in [3.8, 4) is 0 Å². The van der Waals surface area contributed by atoms with E-state index in [1.165, 1.54) is 12.8 Å². The quantitative estimate of drug-likeness (QED) is 0.769. The first kappa shape index (κ1) is 21.1. The number of nitrogens with two attached hydrogens (primary N) is 1. The van der Waals surface area contributed by atoms with Crippen LogP contribution < -0.4 is 16.0 Å². The first-order valence-electron chi connectivity index (χ1n) is 8.32. The van der Waals surface area contributed by atoms with Crippen LogP contribution in [0.15, 0.2) is 18.3 Å². The maximum Gasteiger partial charge on any atom is 0.237 e. The Morgan fingerprint density at radius 2 is 2.17 bits per heavy atom. The number of hydrogen-bond donors (Lipinski definition) is 2. The summed E-state index contributed by atoms with van der Waals surface area (Å²) >= 11 is 1.70. The lowest BCUT2D eigenvalue weighted by Crippen LogP contribution is -2.40. The molecular formula is C17H29ClN4OS. The number of thioether (sulfide) groups is 1. The van der Waals surface area contributed by atoms with Gasteiger partial charge in [0, 0.05) is 25.8 Å². The van der Waals surface area contributed by atoms with Crippen LogP contribution in [-0.4, -0.2) is 42.0 Å². The standard InChI is InChI=1S/C17H28N4OS.ClH/c1-13-5-8-21(9-6-13)16-4-3-14(11-19-16)12-20-17(22)15(18)7-10-23-2;/h3-4,11,13,15H,5-10,12,18H2,1-2H3,(H,20,22);1H/t15-;/m0./s1. The fraction of sp³-hybridized carbons (Fsp3) is 0.647. The third-order valence-corrected chi connectivity index (χ3v) is 5.00. The van der Waals surface area contributed by atoms with Crippen molar-refractivity contribution in [1.29, 1.82) is 0 Å². The molecule has 0 unspecified atom stereocenters. The number of amides is 1. The summed E-state index contributed by atoms with van der Waals surface area (Å²) in [5.74, 6) is 2.66. The minimum absolute atomic E-state index is 0. The van der Waals surface area contributed by atoms with E-state index in [-0.39, 0.29) is 18.3 Å². The van der Waals surface area contributed by atoms with Gasteiger partial charge < -0.3 is 16.0 Å². The molecule has 0 aromatic carbocycles. The first-order chi connectivity index (χ1) is 11.1. The predicted octanol–water partition coefficient (Wildman–Crippen LogP) is 2.44. The number of halogens is 1. The molecule has 24 heavy (non-hydrogen) atoms. The number of nitrogens with zero attached hydrogens (tertiary/aromatic N) is 2. The summed E-state index contributed by atoms with van der Waals surface area (Å²) < 4.78 is 0. The molecule has 0 bridgehead atoms. The molecule has 3 N–H and O–H groups in total. The van der Waals surface area contributed by atoms with Crippen molar-refractivity contribution >= 4 is 35.9 Å². The predicted molar refractivity (Wildman–Crippen MR) is 105 cm³/mol. The van der Waals surface area contributed by atoms with E-state index in [0.29, 0.717) is 13.0 Å². The number of aromatic nitrogens is 1. The van der Waals surface area contributed by atoms with Crippen LogP contribution in [0.5, 0.6) is 0 Å². The number of piperidine rings is 1. The molecule has 1 saturated heterocycles. The molecule has 0 spiro atoms. The van der Waals surface area contributed by atoms with E-state index in [4.69, 9.17) is 5.73 Å². The van der Waals surface area contributed by atoms with Crippen molar-refractivity contribution in [3.05, 3.63) is 23.9 Å². The number of carbonyl (C=O) groups excluding carboxylic acids is 1. The van der Waals surface area contributed by atoms with Gasteiger partial charge in [-0.2, -0.15) is 11.8 Å². The van der Waals surface area contributed by atoms with Crippen molar-refractivity contribution in [3.63, 3.8) is 0 Å². The number of hydrogen-bond acceptors (Lipinski definition) is 5. The molecular weight excluding hydrogens is 344 g/mol. The van der Waals surface area contributed by atoms with Gasteiger partial charge in [-0.15, -0.1) is 12.4 Å². The highest BCUT2D eigenvalue weighted by Crippen LogP contribution is 2.21. The van der Waals surface area contributed by atoms with E-state index < -0.39 is 6.04 Å². The first-order valence-corrected chi connectivity index (χ1v) is 9.71. The van der Waals surface area contributed by atoms with Crippen LogP contribution in [0.3, 0.4) is 0 Å².